The third-order valence-corrected chi connectivity index (χ3v) is 4.05. The Hall–Kier alpha value is -0.383. The molecule has 3 atom stereocenters. The molecule has 0 aromatic rings. The minimum absolute atomic E-state index is 0.0383. The number of hydrogen-bond donors (Lipinski definition) is 1. The molecular formula is C13H23NO3Si. The van der Waals surface area contributed by atoms with Gasteiger partial charge < -0.3 is 14.7 Å². The van der Waals surface area contributed by atoms with Crippen molar-refractivity contribution in [3.8, 4) is 11.5 Å². The summed E-state index contributed by atoms with van der Waals surface area (Å²) in [4.78, 5) is 0. The second-order valence-electron chi connectivity index (χ2n) is 6.58. The molecule has 2 aliphatic heterocycles. The Morgan fingerprint density at radius 2 is 2.00 bits per heavy atom. The highest BCUT2D eigenvalue weighted by Crippen LogP contribution is 2.36. The maximum Gasteiger partial charge on any atom is 0.163 e. The van der Waals surface area contributed by atoms with E-state index in [0.717, 1.165) is 0 Å². The fraction of sp³-hybridized carbons (Fsp3) is 0.846. The van der Waals surface area contributed by atoms with Gasteiger partial charge in [-0.05, 0) is 13.8 Å². The van der Waals surface area contributed by atoms with Gasteiger partial charge in [0.25, 0.3) is 0 Å². The molecule has 2 aliphatic rings. The lowest BCUT2D eigenvalue weighted by atomic mass is 10.1. The molecule has 5 heteroatoms. The molecule has 0 radical (unpaired) electrons. The van der Waals surface area contributed by atoms with Crippen molar-refractivity contribution in [3.63, 3.8) is 0 Å². The van der Waals surface area contributed by atoms with Crippen LogP contribution in [0.3, 0.4) is 0 Å². The summed E-state index contributed by atoms with van der Waals surface area (Å²) in [6.07, 6.45) is 0.533. The average Bonchev–Trinajstić information content (AvgIpc) is 2.58. The molecule has 102 valence electrons. The lowest BCUT2D eigenvalue weighted by Gasteiger charge is -2.24. The highest BCUT2D eigenvalue weighted by Gasteiger charge is 2.52. The quantitative estimate of drug-likeness (QED) is 0.583. The van der Waals surface area contributed by atoms with Crippen LogP contribution in [-0.4, -0.2) is 48.9 Å². The third-order valence-electron chi connectivity index (χ3n) is 3.13. The molecule has 18 heavy (non-hydrogen) atoms. The fourth-order valence-corrected chi connectivity index (χ4v) is 3.09. The fourth-order valence-electron chi connectivity index (χ4n) is 2.46. The van der Waals surface area contributed by atoms with Crippen molar-refractivity contribution >= 4 is 8.07 Å². The van der Waals surface area contributed by atoms with Crippen LogP contribution < -0.4 is 0 Å². The topological polar surface area (TPSA) is 41.9 Å². The zero-order valence-corrected chi connectivity index (χ0v) is 12.9. The van der Waals surface area contributed by atoms with Crippen LogP contribution in [-0.2, 0) is 9.47 Å². The predicted molar refractivity (Wildman–Crippen MR) is 71.8 cm³/mol. The van der Waals surface area contributed by atoms with Crippen LogP contribution in [0.1, 0.15) is 20.3 Å². The van der Waals surface area contributed by atoms with E-state index < -0.39 is 13.9 Å². The van der Waals surface area contributed by atoms with Gasteiger partial charge in [0.05, 0.1) is 12.6 Å². The Balaban J connectivity index is 2.02. The van der Waals surface area contributed by atoms with Gasteiger partial charge in [-0.15, -0.1) is 11.5 Å². The van der Waals surface area contributed by atoms with Crippen molar-refractivity contribution in [2.45, 2.75) is 63.9 Å². The van der Waals surface area contributed by atoms with Gasteiger partial charge in [0, 0.05) is 6.42 Å². The largest absolute Gasteiger partial charge is 0.343 e. The van der Waals surface area contributed by atoms with E-state index >= 15 is 0 Å². The van der Waals surface area contributed by atoms with E-state index in [0.29, 0.717) is 13.0 Å². The van der Waals surface area contributed by atoms with Crippen LogP contribution in [0.5, 0.6) is 0 Å². The number of rotatable bonds is 1. The molecule has 0 aliphatic carbocycles. The van der Waals surface area contributed by atoms with Gasteiger partial charge in [-0.2, -0.15) is 5.06 Å². The molecule has 2 saturated heterocycles. The molecule has 0 unspecified atom stereocenters. The summed E-state index contributed by atoms with van der Waals surface area (Å²) in [5, 5.41) is 11.2. The molecule has 2 rings (SSSR count). The third kappa shape index (κ3) is 3.14. The minimum atomic E-state index is -1.35. The first-order valence-corrected chi connectivity index (χ1v) is 9.99. The highest BCUT2D eigenvalue weighted by molar-refractivity contribution is 6.83. The summed E-state index contributed by atoms with van der Waals surface area (Å²) in [5.41, 5.74) is 3.32. The van der Waals surface area contributed by atoms with E-state index in [1.165, 1.54) is 5.06 Å². The molecular weight excluding hydrogens is 246 g/mol. The van der Waals surface area contributed by atoms with Crippen molar-refractivity contribution < 1.29 is 14.7 Å². The summed E-state index contributed by atoms with van der Waals surface area (Å²) in [7, 11) is -1.35. The first kappa shape index (κ1) is 14.0. The first-order chi connectivity index (χ1) is 8.18. The Kier molecular flexibility index (Phi) is 3.60. The standard InChI is InChI=1S/C13H23NO3Si/c1-13(2)16-11-9-14(15)10(12(11)17-13)7-6-8-18(3,4)5/h10-12,15H,7,9H2,1-5H3/t10-,11+,12-/m0/s1. The number of hydrogen-bond acceptors (Lipinski definition) is 4. The number of hydroxylamine groups is 2. The molecule has 4 nitrogen and oxygen atoms in total. The second-order valence-corrected chi connectivity index (χ2v) is 11.3. The second kappa shape index (κ2) is 4.62. The lowest BCUT2D eigenvalue weighted by molar-refractivity contribution is -0.196. The van der Waals surface area contributed by atoms with Crippen LogP contribution in [0.2, 0.25) is 19.6 Å². The smallest absolute Gasteiger partial charge is 0.163 e. The molecule has 0 spiro atoms. The summed E-state index contributed by atoms with van der Waals surface area (Å²) in [5.74, 6) is 2.67. The van der Waals surface area contributed by atoms with Crippen LogP contribution in [0.4, 0.5) is 0 Å². The molecule has 2 heterocycles. The van der Waals surface area contributed by atoms with Crippen molar-refractivity contribution in [2.75, 3.05) is 6.54 Å². The van der Waals surface area contributed by atoms with E-state index in [9.17, 15) is 5.21 Å². The van der Waals surface area contributed by atoms with Gasteiger partial charge in [0.1, 0.15) is 20.3 Å². The Morgan fingerprint density at radius 1 is 1.33 bits per heavy atom. The number of nitrogens with zero attached hydrogens (tertiary/aromatic N) is 1. The van der Waals surface area contributed by atoms with Gasteiger partial charge >= 0.3 is 0 Å². The van der Waals surface area contributed by atoms with Crippen molar-refractivity contribution in [3.05, 3.63) is 0 Å². The normalized spacial score (nSPS) is 35.1. The molecule has 0 bridgehead atoms. The van der Waals surface area contributed by atoms with E-state index in [2.05, 4.69) is 31.1 Å². The van der Waals surface area contributed by atoms with Crippen LogP contribution in [0, 0.1) is 11.5 Å². The first-order valence-electron chi connectivity index (χ1n) is 6.49. The Morgan fingerprint density at radius 3 is 2.61 bits per heavy atom. The predicted octanol–water partition coefficient (Wildman–Crippen LogP) is 1.85. The highest BCUT2D eigenvalue weighted by atomic mass is 28.3. The van der Waals surface area contributed by atoms with Crippen molar-refractivity contribution in [2.24, 2.45) is 0 Å². The maximum atomic E-state index is 9.91. The van der Waals surface area contributed by atoms with Crippen LogP contribution in [0.15, 0.2) is 0 Å². The Bertz CT molecular complexity index is 380. The molecule has 0 aromatic carbocycles. The van der Waals surface area contributed by atoms with Crippen LogP contribution >= 0.6 is 0 Å². The van der Waals surface area contributed by atoms with Crippen LogP contribution in [0.25, 0.3) is 0 Å². The van der Waals surface area contributed by atoms with E-state index in [-0.39, 0.29) is 18.2 Å². The summed E-state index contributed by atoms with van der Waals surface area (Å²) in [6.45, 7) is 11.0. The average molecular weight is 269 g/mol. The van der Waals surface area contributed by atoms with Crippen molar-refractivity contribution in [1.29, 1.82) is 0 Å². The molecule has 0 saturated carbocycles. The van der Waals surface area contributed by atoms with E-state index in [4.69, 9.17) is 9.47 Å². The number of ether oxygens (including phenoxy) is 2. The minimum Gasteiger partial charge on any atom is -0.343 e. The lowest BCUT2D eigenvalue weighted by Crippen LogP contribution is -2.36. The maximum absolute atomic E-state index is 9.91. The van der Waals surface area contributed by atoms with Gasteiger partial charge in [-0.3, -0.25) is 0 Å². The molecule has 0 aromatic heterocycles. The monoisotopic (exact) mass is 269 g/mol. The zero-order valence-electron chi connectivity index (χ0n) is 11.9. The van der Waals surface area contributed by atoms with Crippen molar-refractivity contribution in [1.82, 2.24) is 5.06 Å². The summed E-state index contributed by atoms with van der Waals surface area (Å²) < 4.78 is 11.6. The van der Waals surface area contributed by atoms with Gasteiger partial charge in [-0.1, -0.05) is 19.6 Å². The van der Waals surface area contributed by atoms with E-state index in [1.54, 1.807) is 0 Å². The number of fused-ring (bicyclic) bond motifs is 1. The van der Waals surface area contributed by atoms with Gasteiger partial charge in [0.15, 0.2) is 5.79 Å². The van der Waals surface area contributed by atoms with Gasteiger partial charge in [-0.25, -0.2) is 0 Å². The molecule has 0 amide bonds. The van der Waals surface area contributed by atoms with E-state index in [1.807, 2.05) is 13.8 Å². The summed E-state index contributed by atoms with van der Waals surface area (Å²) >= 11 is 0. The Labute approximate surface area is 110 Å². The van der Waals surface area contributed by atoms with Gasteiger partial charge in [0.2, 0.25) is 0 Å². The summed E-state index contributed by atoms with van der Waals surface area (Å²) in [6, 6.07) is -0.0689. The molecule has 1 N–H and O–H groups in total. The molecule has 2 fully saturated rings. The zero-order chi connectivity index (χ0) is 13.6. The SMILES string of the molecule is CC1(C)O[C@@H]2[C@@H](CN(O)[C@H]2CC#C[Si](C)(C)C)O1.